The van der Waals surface area contributed by atoms with Gasteiger partial charge in [-0.2, -0.15) is 5.10 Å². The lowest BCUT2D eigenvalue weighted by molar-refractivity contribution is -0.132. The highest BCUT2D eigenvalue weighted by Gasteiger charge is 2.36. The molecule has 0 bridgehead atoms. The maximum absolute atomic E-state index is 12.1. The van der Waals surface area contributed by atoms with E-state index in [9.17, 15) is 4.79 Å². The van der Waals surface area contributed by atoms with E-state index in [0.717, 1.165) is 5.71 Å². The first-order chi connectivity index (χ1) is 7.47. The van der Waals surface area contributed by atoms with Crippen molar-refractivity contribution in [2.45, 2.75) is 34.1 Å². The Kier molecular flexibility index (Phi) is 4.47. The second kappa shape index (κ2) is 5.43. The first-order valence-corrected chi connectivity index (χ1v) is 6.07. The minimum atomic E-state index is -0.0799. The molecule has 4 heteroatoms. The number of hydrazone groups is 1. The number of nitrogens with two attached hydrogens (primary N) is 1. The summed E-state index contributed by atoms with van der Waals surface area (Å²) < 4.78 is 0. The van der Waals surface area contributed by atoms with Gasteiger partial charge in [-0.05, 0) is 24.8 Å². The number of nitrogens with zero attached hydrogens (tertiary/aromatic N) is 2. The molecule has 2 N–H and O–H groups in total. The molecule has 0 saturated heterocycles. The molecule has 16 heavy (non-hydrogen) atoms. The molecule has 0 saturated carbocycles. The molecule has 0 spiro atoms. The lowest BCUT2D eigenvalue weighted by Gasteiger charge is -2.16. The Balaban J connectivity index is 2.81. The summed E-state index contributed by atoms with van der Waals surface area (Å²) in [6, 6.07) is 0. The zero-order valence-corrected chi connectivity index (χ0v) is 10.7. The topological polar surface area (TPSA) is 58.7 Å². The standard InChI is InChI=1S/C12H23N3O/c1-8(2)7-15-12(16)10(5-6-13)11(14-15)9(3)4/h8-10H,5-7,13H2,1-4H3. The lowest BCUT2D eigenvalue weighted by Crippen LogP contribution is -2.32. The van der Waals surface area contributed by atoms with Crippen LogP contribution in [0.3, 0.4) is 0 Å². The molecule has 1 heterocycles. The monoisotopic (exact) mass is 225 g/mol. The molecular weight excluding hydrogens is 202 g/mol. The van der Waals surface area contributed by atoms with Gasteiger partial charge in [-0.1, -0.05) is 27.7 Å². The Morgan fingerprint density at radius 3 is 2.44 bits per heavy atom. The van der Waals surface area contributed by atoms with Crippen LogP contribution in [0.5, 0.6) is 0 Å². The summed E-state index contributed by atoms with van der Waals surface area (Å²) >= 11 is 0. The molecule has 0 aliphatic carbocycles. The first kappa shape index (κ1) is 13.2. The molecule has 0 aromatic carbocycles. The van der Waals surface area contributed by atoms with Crippen molar-refractivity contribution in [3.8, 4) is 0 Å². The van der Waals surface area contributed by atoms with E-state index in [1.165, 1.54) is 0 Å². The van der Waals surface area contributed by atoms with Gasteiger partial charge in [0.1, 0.15) is 0 Å². The zero-order valence-electron chi connectivity index (χ0n) is 10.7. The third kappa shape index (κ3) is 2.82. The highest BCUT2D eigenvalue weighted by Crippen LogP contribution is 2.23. The van der Waals surface area contributed by atoms with Gasteiger partial charge >= 0.3 is 0 Å². The number of hydrogen-bond donors (Lipinski definition) is 1. The fraction of sp³-hybridized carbons (Fsp3) is 0.833. The Labute approximate surface area is 97.9 Å². The Morgan fingerprint density at radius 1 is 1.38 bits per heavy atom. The van der Waals surface area contributed by atoms with Crippen molar-refractivity contribution in [1.29, 1.82) is 0 Å². The number of hydrogen-bond acceptors (Lipinski definition) is 3. The van der Waals surface area contributed by atoms with Crippen molar-refractivity contribution in [2.24, 2.45) is 28.6 Å². The summed E-state index contributed by atoms with van der Waals surface area (Å²) in [5.74, 6) is 0.807. The van der Waals surface area contributed by atoms with Crippen LogP contribution in [0.15, 0.2) is 5.10 Å². The molecule has 4 nitrogen and oxygen atoms in total. The number of carbonyl (C=O) groups excluding carboxylic acids is 1. The van der Waals surface area contributed by atoms with E-state index >= 15 is 0 Å². The number of carbonyl (C=O) groups is 1. The molecule has 1 unspecified atom stereocenters. The minimum absolute atomic E-state index is 0.0799. The predicted octanol–water partition coefficient (Wildman–Crippen LogP) is 1.46. The molecule has 1 aliphatic rings. The van der Waals surface area contributed by atoms with Crippen LogP contribution in [-0.4, -0.2) is 29.7 Å². The Morgan fingerprint density at radius 2 is 2.00 bits per heavy atom. The van der Waals surface area contributed by atoms with Crippen LogP contribution in [0.1, 0.15) is 34.1 Å². The van der Waals surface area contributed by atoms with Gasteiger partial charge in [0.25, 0.3) is 5.91 Å². The maximum atomic E-state index is 12.1. The highest BCUT2D eigenvalue weighted by molar-refractivity contribution is 6.08. The van der Waals surface area contributed by atoms with Gasteiger partial charge in [0.05, 0.1) is 11.6 Å². The lowest BCUT2D eigenvalue weighted by atomic mass is 9.92. The van der Waals surface area contributed by atoms with Crippen LogP contribution in [0, 0.1) is 17.8 Å². The fourth-order valence-electron chi connectivity index (χ4n) is 2.00. The fourth-order valence-corrected chi connectivity index (χ4v) is 2.00. The van der Waals surface area contributed by atoms with Crippen molar-refractivity contribution < 1.29 is 4.79 Å². The summed E-state index contributed by atoms with van der Waals surface area (Å²) in [5, 5.41) is 6.08. The average Bonchev–Trinajstić information content (AvgIpc) is 2.46. The molecular formula is C12H23N3O. The quantitative estimate of drug-likeness (QED) is 0.770. The van der Waals surface area contributed by atoms with Crippen LogP contribution in [0.2, 0.25) is 0 Å². The van der Waals surface area contributed by atoms with Crippen molar-refractivity contribution >= 4 is 11.6 Å². The van der Waals surface area contributed by atoms with Gasteiger partial charge in [0, 0.05) is 6.54 Å². The summed E-state index contributed by atoms with van der Waals surface area (Å²) in [7, 11) is 0. The average molecular weight is 225 g/mol. The maximum Gasteiger partial charge on any atom is 0.251 e. The molecule has 0 aromatic rings. The van der Waals surface area contributed by atoms with Crippen LogP contribution in [-0.2, 0) is 4.79 Å². The second-order valence-corrected chi connectivity index (χ2v) is 5.12. The van der Waals surface area contributed by atoms with Crippen LogP contribution in [0.25, 0.3) is 0 Å². The van der Waals surface area contributed by atoms with Crippen molar-refractivity contribution in [1.82, 2.24) is 5.01 Å². The van der Waals surface area contributed by atoms with Crippen LogP contribution >= 0.6 is 0 Å². The Hall–Kier alpha value is -0.900. The molecule has 1 amide bonds. The summed E-state index contributed by atoms with van der Waals surface area (Å²) in [4.78, 5) is 12.1. The van der Waals surface area contributed by atoms with Gasteiger partial charge in [-0.3, -0.25) is 4.79 Å². The smallest absolute Gasteiger partial charge is 0.251 e. The third-order valence-corrected chi connectivity index (χ3v) is 2.73. The van der Waals surface area contributed by atoms with Crippen molar-refractivity contribution in [3.05, 3.63) is 0 Å². The zero-order chi connectivity index (χ0) is 12.3. The second-order valence-electron chi connectivity index (χ2n) is 5.12. The van der Waals surface area contributed by atoms with E-state index in [-0.39, 0.29) is 11.8 Å². The van der Waals surface area contributed by atoms with Gasteiger partial charge in [0.15, 0.2) is 0 Å². The number of amides is 1. The largest absolute Gasteiger partial charge is 0.330 e. The normalized spacial score (nSPS) is 21.2. The minimum Gasteiger partial charge on any atom is -0.330 e. The number of rotatable bonds is 5. The summed E-state index contributed by atoms with van der Waals surface area (Å²) in [6.45, 7) is 9.58. The predicted molar refractivity (Wildman–Crippen MR) is 66.0 cm³/mol. The van der Waals surface area contributed by atoms with E-state index in [4.69, 9.17) is 5.73 Å². The van der Waals surface area contributed by atoms with E-state index in [1.807, 2.05) is 0 Å². The molecule has 92 valence electrons. The van der Waals surface area contributed by atoms with E-state index in [0.29, 0.717) is 31.3 Å². The van der Waals surface area contributed by atoms with Gasteiger partial charge in [-0.25, -0.2) is 5.01 Å². The van der Waals surface area contributed by atoms with Gasteiger partial charge < -0.3 is 5.73 Å². The molecule has 0 fully saturated rings. The van der Waals surface area contributed by atoms with Gasteiger partial charge in [-0.15, -0.1) is 0 Å². The summed E-state index contributed by atoms with van der Waals surface area (Å²) in [6.07, 6.45) is 0.713. The van der Waals surface area contributed by atoms with Crippen molar-refractivity contribution in [2.75, 3.05) is 13.1 Å². The first-order valence-electron chi connectivity index (χ1n) is 6.07. The Bertz CT molecular complexity index is 284. The molecule has 1 rings (SSSR count). The molecule has 1 atom stereocenters. The third-order valence-electron chi connectivity index (χ3n) is 2.73. The SMILES string of the molecule is CC(C)CN1N=C(C(C)C)C(CCN)C1=O. The van der Waals surface area contributed by atoms with E-state index in [1.54, 1.807) is 5.01 Å². The van der Waals surface area contributed by atoms with Crippen LogP contribution in [0.4, 0.5) is 0 Å². The molecule has 1 aliphatic heterocycles. The highest BCUT2D eigenvalue weighted by atomic mass is 16.2. The summed E-state index contributed by atoms with van der Waals surface area (Å²) in [5.41, 5.74) is 6.55. The van der Waals surface area contributed by atoms with E-state index in [2.05, 4.69) is 32.8 Å². The van der Waals surface area contributed by atoms with Crippen LogP contribution < -0.4 is 5.73 Å². The van der Waals surface area contributed by atoms with Gasteiger partial charge in [0.2, 0.25) is 0 Å². The molecule has 0 aromatic heterocycles. The van der Waals surface area contributed by atoms with E-state index < -0.39 is 0 Å². The molecule has 0 radical (unpaired) electrons. The van der Waals surface area contributed by atoms with Crippen molar-refractivity contribution in [3.63, 3.8) is 0 Å².